The van der Waals surface area contributed by atoms with Crippen LogP contribution in [0.5, 0.6) is 11.5 Å². The first-order chi connectivity index (χ1) is 10.3. The van der Waals surface area contributed by atoms with Crippen molar-refractivity contribution >= 4 is 11.8 Å². The third kappa shape index (κ3) is 3.49. The molecule has 2 fully saturated rings. The van der Waals surface area contributed by atoms with E-state index in [0.29, 0.717) is 0 Å². The highest BCUT2D eigenvalue weighted by Gasteiger charge is 2.41. The molecule has 0 amide bonds. The Morgan fingerprint density at radius 1 is 1.10 bits per heavy atom. The van der Waals surface area contributed by atoms with Gasteiger partial charge in [0.05, 0.1) is 14.2 Å². The summed E-state index contributed by atoms with van der Waals surface area (Å²) in [4.78, 5) is 1.27. The van der Waals surface area contributed by atoms with Gasteiger partial charge in [0.15, 0.2) is 11.5 Å². The summed E-state index contributed by atoms with van der Waals surface area (Å²) in [5, 5.41) is 3.81. The molecule has 0 saturated heterocycles. The lowest BCUT2D eigenvalue weighted by molar-refractivity contribution is 0.352. The van der Waals surface area contributed by atoms with Gasteiger partial charge in [0.25, 0.3) is 0 Å². The van der Waals surface area contributed by atoms with Crippen molar-refractivity contribution in [1.82, 2.24) is 5.32 Å². The van der Waals surface area contributed by atoms with E-state index in [2.05, 4.69) is 23.7 Å². The predicted octanol–water partition coefficient (Wildman–Crippen LogP) is 3.70. The average molecular weight is 307 g/mol. The van der Waals surface area contributed by atoms with E-state index in [-0.39, 0.29) is 0 Å². The van der Waals surface area contributed by atoms with Crippen LogP contribution in [-0.2, 0) is 6.54 Å². The summed E-state index contributed by atoms with van der Waals surface area (Å²) in [5.74, 6) is 3.48. The van der Waals surface area contributed by atoms with Gasteiger partial charge in [-0.1, -0.05) is 0 Å². The van der Waals surface area contributed by atoms with Crippen LogP contribution in [0.15, 0.2) is 17.0 Å². The first-order valence-corrected chi connectivity index (χ1v) is 9.01. The zero-order valence-electron chi connectivity index (χ0n) is 13.1. The molecule has 21 heavy (non-hydrogen) atoms. The van der Waals surface area contributed by atoms with E-state index in [9.17, 15) is 0 Å². The maximum Gasteiger partial charge on any atom is 0.161 e. The van der Waals surface area contributed by atoms with Gasteiger partial charge >= 0.3 is 0 Å². The summed E-state index contributed by atoms with van der Waals surface area (Å²) in [6.07, 6.45) is 7.76. The summed E-state index contributed by atoms with van der Waals surface area (Å²) < 4.78 is 10.8. The SMILES string of the molecule is COc1cc(CNC(C2CC2)C2CC2)c(SC)cc1OC. The molecule has 2 saturated carbocycles. The molecule has 0 unspecified atom stereocenters. The molecule has 0 aliphatic heterocycles. The van der Waals surface area contributed by atoms with Gasteiger partial charge < -0.3 is 14.8 Å². The molecule has 0 spiro atoms. The van der Waals surface area contributed by atoms with Crippen molar-refractivity contribution in [3.63, 3.8) is 0 Å². The number of nitrogens with one attached hydrogen (secondary N) is 1. The first kappa shape index (κ1) is 15.0. The van der Waals surface area contributed by atoms with Gasteiger partial charge in [-0.05, 0) is 61.5 Å². The summed E-state index contributed by atoms with van der Waals surface area (Å²) in [7, 11) is 3.39. The van der Waals surface area contributed by atoms with Crippen LogP contribution in [0.4, 0.5) is 0 Å². The van der Waals surface area contributed by atoms with Crippen molar-refractivity contribution in [2.45, 2.75) is 43.2 Å². The highest BCUT2D eigenvalue weighted by atomic mass is 32.2. The van der Waals surface area contributed by atoms with Crippen molar-refractivity contribution in [2.24, 2.45) is 11.8 Å². The minimum Gasteiger partial charge on any atom is -0.493 e. The number of hydrogen-bond acceptors (Lipinski definition) is 4. The van der Waals surface area contributed by atoms with Crippen LogP contribution >= 0.6 is 11.8 Å². The van der Waals surface area contributed by atoms with E-state index in [1.165, 1.54) is 36.1 Å². The van der Waals surface area contributed by atoms with Crippen molar-refractivity contribution in [3.8, 4) is 11.5 Å². The van der Waals surface area contributed by atoms with Crippen molar-refractivity contribution in [3.05, 3.63) is 17.7 Å². The summed E-state index contributed by atoms with van der Waals surface area (Å²) in [5.41, 5.74) is 1.31. The van der Waals surface area contributed by atoms with E-state index in [4.69, 9.17) is 9.47 Å². The molecular formula is C17H25NO2S. The predicted molar refractivity (Wildman–Crippen MR) is 87.4 cm³/mol. The third-order valence-corrected chi connectivity index (χ3v) is 5.39. The van der Waals surface area contributed by atoms with Crippen LogP contribution in [0.2, 0.25) is 0 Å². The number of methoxy groups -OCH3 is 2. The Morgan fingerprint density at radius 3 is 2.14 bits per heavy atom. The maximum atomic E-state index is 5.44. The first-order valence-electron chi connectivity index (χ1n) is 7.79. The Hall–Kier alpha value is -0.870. The smallest absolute Gasteiger partial charge is 0.161 e. The van der Waals surface area contributed by atoms with E-state index < -0.39 is 0 Å². The number of thioether (sulfide) groups is 1. The molecule has 1 N–H and O–H groups in total. The second-order valence-corrected chi connectivity index (χ2v) is 6.95. The van der Waals surface area contributed by atoms with Crippen LogP contribution in [-0.4, -0.2) is 26.5 Å². The lowest BCUT2D eigenvalue weighted by Crippen LogP contribution is -2.32. The number of ether oxygens (including phenoxy) is 2. The van der Waals surface area contributed by atoms with Crippen molar-refractivity contribution in [1.29, 1.82) is 0 Å². The van der Waals surface area contributed by atoms with E-state index >= 15 is 0 Å². The number of rotatable bonds is 8. The molecule has 0 heterocycles. The monoisotopic (exact) mass is 307 g/mol. The van der Waals surface area contributed by atoms with Gasteiger partial charge in [0.2, 0.25) is 0 Å². The third-order valence-electron chi connectivity index (χ3n) is 4.57. The number of benzene rings is 1. The zero-order valence-corrected chi connectivity index (χ0v) is 14.0. The maximum absolute atomic E-state index is 5.44. The topological polar surface area (TPSA) is 30.5 Å². The Bertz CT molecular complexity index is 486. The standard InChI is InChI=1S/C17H25NO2S/c1-19-14-8-13(16(21-3)9-15(14)20-2)10-18-17(11-4-5-11)12-6-7-12/h8-9,11-12,17-18H,4-7,10H2,1-3H3. The molecule has 0 aromatic heterocycles. The fraction of sp³-hybridized carbons (Fsp3) is 0.647. The molecule has 0 radical (unpaired) electrons. The van der Waals surface area contributed by atoms with Gasteiger partial charge in [-0.15, -0.1) is 11.8 Å². The van der Waals surface area contributed by atoms with Crippen LogP contribution < -0.4 is 14.8 Å². The lowest BCUT2D eigenvalue weighted by atomic mass is 10.1. The van der Waals surface area contributed by atoms with Gasteiger partial charge in [0, 0.05) is 17.5 Å². The highest BCUT2D eigenvalue weighted by Crippen LogP contribution is 2.45. The van der Waals surface area contributed by atoms with Crippen molar-refractivity contribution < 1.29 is 9.47 Å². The van der Waals surface area contributed by atoms with E-state index in [1.807, 2.05) is 0 Å². The Kier molecular flexibility index (Phi) is 4.65. The molecule has 2 aliphatic rings. The average Bonchev–Trinajstić information content (AvgIpc) is 3.39. The van der Waals surface area contributed by atoms with Crippen LogP contribution in [0, 0.1) is 11.8 Å². The molecule has 2 aliphatic carbocycles. The highest BCUT2D eigenvalue weighted by molar-refractivity contribution is 7.98. The molecular weight excluding hydrogens is 282 g/mol. The Morgan fingerprint density at radius 2 is 1.67 bits per heavy atom. The summed E-state index contributed by atoms with van der Waals surface area (Å²) >= 11 is 1.77. The molecule has 3 rings (SSSR count). The van der Waals surface area contributed by atoms with Gasteiger partial charge in [-0.3, -0.25) is 0 Å². The minimum atomic E-state index is 0.729. The molecule has 4 heteroatoms. The molecule has 0 atom stereocenters. The van der Waals surface area contributed by atoms with Crippen LogP contribution in [0.25, 0.3) is 0 Å². The minimum absolute atomic E-state index is 0.729. The fourth-order valence-electron chi connectivity index (χ4n) is 3.09. The Balaban J connectivity index is 1.73. The van der Waals surface area contributed by atoms with Crippen LogP contribution in [0.3, 0.4) is 0 Å². The summed E-state index contributed by atoms with van der Waals surface area (Å²) in [6, 6.07) is 4.94. The largest absolute Gasteiger partial charge is 0.493 e. The second-order valence-electron chi connectivity index (χ2n) is 6.10. The van der Waals surface area contributed by atoms with Crippen molar-refractivity contribution in [2.75, 3.05) is 20.5 Å². The zero-order chi connectivity index (χ0) is 14.8. The van der Waals surface area contributed by atoms with Gasteiger partial charge in [-0.2, -0.15) is 0 Å². The normalized spacial score (nSPS) is 18.1. The summed E-state index contributed by atoms with van der Waals surface area (Å²) in [6.45, 7) is 0.925. The lowest BCUT2D eigenvalue weighted by Gasteiger charge is -2.20. The van der Waals surface area contributed by atoms with E-state index in [1.54, 1.807) is 26.0 Å². The van der Waals surface area contributed by atoms with E-state index in [0.717, 1.165) is 35.9 Å². The quantitative estimate of drug-likeness (QED) is 0.742. The molecule has 3 nitrogen and oxygen atoms in total. The van der Waals surface area contributed by atoms with Gasteiger partial charge in [-0.25, -0.2) is 0 Å². The molecule has 1 aromatic rings. The van der Waals surface area contributed by atoms with Crippen LogP contribution in [0.1, 0.15) is 31.2 Å². The van der Waals surface area contributed by atoms with Gasteiger partial charge in [0.1, 0.15) is 0 Å². The molecule has 116 valence electrons. The molecule has 1 aromatic carbocycles. The number of hydrogen-bond donors (Lipinski definition) is 1. The Labute approximate surface area is 131 Å². The molecule has 0 bridgehead atoms. The fourth-order valence-corrected chi connectivity index (χ4v) is 3.71. The second kappa shape index (κ2) is 6.49.